The Balaban J connectivity index is 2.37. The SMILES string of the molecule is CC(C)n1c(-c2ccc(O)cc2O)nc2cccc(Cl)c21. The Bertz CT molecular complexity index is 825. The lowest BCUT2D eigenvalue weighted by Gasteiger charge is -2.14. The van der Waals surface area contributed by atoms with Crippen molar-refractivity contribution in [3.63, 3.8) is 0 Å². The third kappa shape index (κ3) is 2.21. The smallest absolute Gasteiger partial charge is 0.145 e. The Hall–Kier alpha value is -2.20. The van der Waals surface area contributed by atoms with Crippen LogP contribution in [0.15, 0.2) is 36.4 Å². The third-order valence-electron chi connectivity index (χ3n) is 3.40. The molecule has 0 aliphatic rings. The lowest BCUT2D eigenvalue weighted by Crippen LogP contribution is -2.03. The van der Waals surface area contributed by atoms with Crippen LogP contribution in [0.3, 0.4) is 0 Å². The fourth-order valence-corrected chi connectivity index (χ4v) is 2.77. The quantitative estimate of drug-likeness (QED) is 0.740. The molecule has 0 fully saturated rings. The number of fused-ring (bicyclic) bond motifs is 1. The van der Waals surface area contributed by atoms with E-state index in [9.17, 15) is 10.2 Å². The Morgan fingerprint density at radius 2 is 1.90 bits per heavy atom. The number of aromatic hydroxyl groups is 2. The lowest BCUT2D eigenvalue weighted by molar-refractivity contribution is 0.451. The van der Waals surface area contributed by atoms with Gasteiger partial charge in [-0.2, -0.15) is 0 Å². The molecule has 5 heteroatoms. The van der Waals surface area contributed by atoms with Gasteiger partial charge in [0.05, 0.1) is 21.6 Å². The van der Waals surface area contributed by atoms with Crippen LogP contribution >= 0.6 is 11.6 Å². The van der Waals surface area contributed by atoms with Crippen molar-refractivity contribution in [2.75, 3.05) is 0 Å². The molecule has 0 unspecified atom stereocenters. The molecule has 4 nitrogen and oxygen atoms in total. The number of nitrogens with zero attached hydrogens (tertiary/aromatic N) is 2. The van der Waals surface area contributed by atoms with E-state index in [-0.39, 0.29) is 17.5 Å². The van der Waals surface area contributed by atoms with Gasteiger partial charge >= 0.3 is 0 Å². The van der Waals surface area contributed by atoms with Gasteiger partial charge in [-0.15, -0.1) is 0 Å². The molecule has 0 amide bonds. The topological polar surface area (TPSA) is 58.3 Å². The zero-order valence-electron chi connectivity index (χ0n) is 11.7. The van der Waals surface area contributed by atoms with Crippen molar-refractivity contribution in [2.45, 2.75) is 19.9 Å². The summed E-state index contributed by atoms with van der Waals surface area (Å²) in [5, 5.41) is 20.2. The van der Waals surface area contributed by atoms with Gasteiger partial charge in [0.1, 0.15) is 17.3 Å². The summed E-state index contributed by atoms with van der Waals surface area (Å²) in [5.74, 6) is 0.635. The molecule has 0 spiro atoms. The van der Waals surface area contributed by atoms with E-state index >= 15 is 0 Å². The summed E-state index contributed by atoms with van der Waals surface area (Å²) in [6.45, 7) is 4.07. The number of phenolic OH excluding ortho intramolecular Hbond substituents is 2. The summed E-state index contributed by atoms with van der Waals surface area (Å²) in [5.41, 5.74) is 2.18. The highest BCUT2D eigenvalue weighted by Crippen LogP contribution is 2.37. The minimum Gasteiger partial charge on any atom is -0.508 e. The molecule has 0 saturated carbocycles. The number of halogens is 1. The number of aromatic nitrogens is 2. The van der Waals surface area contributed by atoms with Gasteiger partial charge in [-0.1, -0.05) is 17.7 Å². The number of phenols is 2. The number of imidazole rings is 1. The highest BCUT2D eigenvalue weighted by atomic mass is 35.5. The fourth-order valence-electron chi connectivity index (χ4n) is 2.51. The molecule has 0 radical (unpaired) electrons. The molecule has 0 bridgehead atoms. The van der Waals surface area contributed by atoms with Crippen molar-refractivity contribution in [2.24, 2.45) is 0 Å². The summed E-state index contributed by atoms with van der Waals surface area (Å²) in [7, 11) is 0. The molecule has 0 aliphatic carbocycles. The van der Waals surface area contributed by atoms with E-state index in [0.717, 1.165) is 11.0 Å². The summed E-state index contributed by atoms with van der Waals surface area (Å²) in [6, 6.07) is 10.2. The van der Waals surface area contributed by atoms with E-state index in [1.165, 1.54) is 12.1 Å². The summed E-state index contributed by atoms with van der Waals surface area (Å²) in [4.78, 5) is 4.59. The zero-order chi connectivity index (χ0) is 15.1. The van der Waals surface area contributed by atoms with Crippen LogP contribution in [0.25, 0.3) is 22.4 Å². The van der Waals surface area contributed by atoms with Crippen molar-refractivity contribution in [1.82, 2.24) is 9.55 Å². The fraction of sp³-hybridized carbons (Fsp3) is 0.188. The van der Waals surface area contributed by atoms with Crippen LogP contribution in [-0.4, -0.2) is 19.8 Å². The Labute approximate surface area is 127 Å². The summed E-state index contributed by atoms with van der Waals surface area (Å²) >= 11 is 6.31. The number of rotatable bonds is 2. The summed E-state index contributed by atoms with van der Waals surface area (Å²) < 4.78 is 1.99. The molecule has 2 N–H and O–H groups in total. The first-order valence-electron chi connectivity index (χ1n) is 6.68. The third-order valence-corrected chi connectivity index (χ3v) is 3.70. The van der Waals surface area contributed by atoms with Gasteiger partial charge in [-0.3, -0.25) is 0 Å². The predicted octanol–water partition coefficient (Wildman–Crippen LogP) is 4.35. The minimum atomic E-state index is -0.0108. The predicted molar refractivity (Wildman–Crippen MR) is 83.9 cm³/mol. The maximum Gasteiger partial charge on any atom is 0.145 e. The molecule has 108 valence electrons. The van der Waals surface area contributed by atoms with Crippen molar-refractivity contribution in [1.29, 1.82) is 0 Å². The van der Waals surface area contributed by atoms with Crippen molar-refractivity contribution in [3.05, 3.63) is 41.4 Å². The lowest BCUT2D eigenvalue weighted by atomic mass is 10.1. The molecule has 3 rings (SSSR count). The zero-order valence-corrected chi connectivity index (χ0v) is 12.5. The second kappa shape index (κ2) is 4.97. The Morgan fingerprint density at radius 3 is 2.57 bits per heavy atom. The van der Waals surface area contributed by atoms with Crippen molar-refractivity contribution >= 4 is 22.6 Å². The molecular weight excluding hydrogens is 288 g/mol. The maximum atomic E-state index is 10.1. The number of hydrogen-bond acceptors (Lipinski definition) is 3. The molecule has 1 aromatic heterocycles. The number of benzene rings is 2. The molecule has 0 saturated heterocycles. The average Bonchev–Trinajstić information content (AvgIpc) is 2.79. The van der Waals surface area contributed by atoms with Crippen molar-refractivity contribution in [3.8, 4) is 22.9 Å². The van der Waals surface area contributed by atoms with Gasteiger partial charge < -0.3 is 14.8 Å². The van der Waals surface area contributed by atoms with Crippen LogP contribution in [0, 0.1) is 0 Å². The van der Waals surface area contributed by atoms with Gasteiger partial charge in [0.2, 0.25) is 0 Å². The molecular formula is C16H15ClN2O2. The molecule has 2 aromatic carbocycles. The normalized spacial score (nSPS) is 11.4. The second-order valence-electron chi connectivity index (χ2n) is 5.21. The van der Waals surface area contributed by atoms with Crippen molar-refractivity contribution < 1.29 is 10.2 Å². The first-order chi connectivity index (χ1) is 9.99. The van der Waals surface area contributed by atoms with Gasteiger partial charge in [0.25, 0.3) is 0 Å². The van der Waals surface area contributed by atoms with Crippen LogP contribution in [0.2, 0.25) is 5.02 Å². The van der Waals surface area contributed by atoms with Crippen LogP contribution in [0.4, 0.5) is 0 Å². The molecule has 3 aromatic rings. The van der Waals surface area contributed by atoms with Gasteiger partial charge in [-0.25, -0.2) is 4.98 Å². The first-order valence-corrected chi connectivity index (χ1v) is 7.05. The molecule has 1 heterocycles. The van der Waals surface area contributed by atoms with Crippen LogP contribution < -0.4 is 0 Å². The Morgan fingerprint density at radius 1 is 1.14 bits per heavy atom. The highest BCUT2D eigenvalue weighted by Gasteiger charge is 2.19. The second-order valence-corrected chi connectivity index (χ2v) is 5.62. The van der Waals surface area contributed by atoms with E-state index in [4.69, 9.17) is 11.6 Å². The summed E-state index contributed by atoms with van der Waals surface area (Å²) in [6.07, 6.45) is 0. The average molecular weight is 303 g/mol. The highest BCUT2D eigenvalue weighted by molar-refractivity contribution is 6.35. The van der Waals surface area contributed by atoms with Crippen LogP contribution in [-0.2, 0) is 0 Å². The molecule has 21 heavy (non-hydrogen) atoms. The van der Waals surface area contributed by atoms with E-state index in [0.29, 0.717) is 16.4 Å². The van der Waals surface area contributed by atoms with Gasteiger partial charge in [0.15, 0.2) is 0 Å². The largest absolute Gasteiger partial charge is 0.508 e. The first kappa shape index (κ1) is 13.8. The minimum absolute atomic E-state index is 0.0108. The number of hydrogen-bond donors (Lipinski definition) is 2. The van der Waals surface area contributed by atoms with E-state index < -0.39 is 0 Å². The molecule has 0 atom stereocenters. The standard InChI is InChI=1S/C16H15ClN2O2/c1-9(2)19-15-12(17)4-3-5-13(15)18-16(19)11-7-6-10(20)8-14(11)21/h3-9,20-21H,1-2H3. The van der Waals surface area contributed by atoms with Crippen LogP contribution in [0.5, 0.6) is 11.5 Å². The van der Waals surface area contributed by atoms with E-state index in [1.54, 1.807) is 6.07 Å². The molecule has 0 aliphatic heterocycles. The van der Waals surface area contributed by atoms with Gasteiger partial charge in [0, 0.05) is 12.1 Å². The van der Waals surface area contributed by atoms with Crippen LogP contribution in [0.1, 0.15) is 19.9 Å². The van der Waals surface area contributed by atoms with E-state index in [1.807, 2.05) is 36.6 Å². The van der Waals surface area contributed by atoms with E-state index in [2.05, 4.69) is 4.98 Å². The maximum absolute atomic E-state index is 10.1. The van der Waals surface area contributed by atoms with Gasteiger partial charge in [-0.05, 0) is 38.1 Å². The monoisotopic (exact) mass is 302 g/mol. The number of para-hydroxylation sites is 1. The Kier molecular flexibility index (Phi) is 3.26.